The van der Waals surface area contributed by atoms with Gasteiger partial charge in [-0.05, 0) is 36.4 Å². The molecular weight excluding hydrogens is 463 g/mol. The zero-order valence-electron chi connectivity index (χ0n) is 18.0. The van der Waals surface area contributed by atoms with E-state index in [1.54, 1.807) is 18.2 Å². The molecule has 3 heterocycles. The highest BCUT2D eigenvalue weighted by Gasteiger charge is 2.31. The van der Waals surface area contributed by atoms with Gasteiger partial charge < -0.3 is 19.9 Å². The minimum atomic E-state index is -0.319. The molecule has 0 aliphatic carbocycles. The van der Waals surface area contributed by atoms with Crippen molar-refractivity contribution < 1.29 is 9.53 Å². The molecule has 1 saturated heterocycles. The number of halogens is 2. The van der Waals surface area contributed by atoms with Crippen molar-refractivity contribution in [3.05, 3.63) is 64.3 Å². The monoisotopic (exact) mass is 484 g/mol. The lowest BCUT2D eigenvalue weighted by atomic mass is 10.2. The van der Waals surface area contributed by atoms with E-state index in [9.17, 15) is 4.79 Å². The molecule has 170 valence electrons. The number of anilines is 4. The van der Waals surface area contributed by atoms with Crippen molar-refractivity contribution >= 4 is 52.1 Å². The molecular formula is C23H22Cl2N6O2. The van der Waals surface area contributed by atoms with Crippen LogP contribution in [0.15, 0.2) is 48.7 Å². The van der Waals surface area contributed by atoms with Gasteiger partial charge in [0.15, 0.2) is 6.73 Å². The maximum absolute atomic E-state index is 13.1. The first-order valence-electron chi connectivity index (χ1n) is 10.6. The molecule has 0 bridgehead atoms. The van der Waals surface area contributed by atoms with Crippen LogP contribution in [-0.4, -0.2) is 55.8 Å². The van der Waals surface area contributed by atoms with Gasteiger partial charge in [0.1, 0.15) is 5.56 Å². The predicted molar refractivity (Wildman–Crippen MR) is 130 cm³/mol. The Hall–Kier alpha value is -3.07. The Morgan fingerprint density at radius 1 is 1.06 bits per heavy atom. The third-order valence-corrected chi connectivity index (χ3v) is 6.38. The average Bonchev–Trinajstić information content (AvgIpc) is 2.85. The zero-order valence-corrected chi connectivity index (χ0v) is 19.5. The van der Waals surface area contributed by atoms with Gasteiger partial charge in [0.05, 0.1) is 15.7 Å². The van der Waals surface area contributed by atoms with Gasteiger partial charge in [-0.2, -0.15) is 4.98 Å². The average molecular weight is 485 g/mol. The van der Waals surface area contributed by atoms with Crippen LogP contribution in [0, 0.1) is 0 Å². The lowest BCUT2D eigenvalue weighted by Gasteiger charge is -2.30. The van der Waals surface area contributed by atoms with Gasteiger partial charge in [-0.25, -0.2) is 4.98 Å². The molecule has 3 aromatic rings. The molecule has 0 unspecified atom stereocenters. The highest BCUT2D eigenvalue weighted by atomic mass is 35.5. The van der Waals surface area contributed by atoms with Gasteiger partial charge in [0.2, 0.25) is 11.8 Å². The molecule has 1 amide bonds. The van der Waals surface area contributed by atoms with Gasteiger partial charge >= 0.3 is 0 Å². The Morgan fingerprint density at radius 2 is 1.76 bits per heavy atom. The SMILES string of the molecule is CN(c1ccc(N2CCNCC2)cc1)c1ncc2c(n1)OCN(c1c(Cl)cccc1Cl)C2=O. The summed E-state index contributed by atoms with van der Waals surface area (Å²) in [6.45, 7) is 3.91. The van der Waals surface area contributed by atoms with Gasteiger partial charge in [-0.15, -0.1) is 0 Å². The molecule has 10 heteroatoms. The van der Waals surface area contributed by atoms with Crippen LogP contribution in [0.4, 0.5) is 23.0 Å². The molecule has 5 rings (SSSR count). The fraction of sp³-hybridized carbons (Fsp3) is 0.261. The van der Waals surface area contributed by atoms with E-state index in [1.165, 1.54) is 16.8 Å². The zero-order chi connectivity index (χ0) is 22.9. The Bertz CT molecular complexity index is 1160. The molecule has 1 fully saturated rings. The number of ether oxygens (including phenoxy) is 1. The Morgan fingerprint density at radius 3 is 2.45 bits per heavy atom. The van der Waals surface area contributed by atoms with Gasteiger partial charge in [-0.3, -0.25) is 9.69 Å². The molecule has 0 radical (unpaired) electrons. The standard InChI is InChI=1S/C23H22Cl2N6O2/c1-29(15-5-7-16(8-6-15)30-11-9-26-10-12-30)23-27-13-17-21(28-23)33-14-31(22(17)32)20-18(24)3-2-4-19(20)25/h2-8,13,26H,9-12,14H2,1H3. The van der Waals surface area contributed by atoms with Crippen molar-refractivity contribution in [2.75, 3.05) is 54.7 Å². The van der Waals surface area contributed by atoms with Crippen LogP contribution in [0.3, 0.4) is 0 Å². The maximum atomic E-state index is 13.1. The normalized spacial score (nSPS) is 15.8. The number of amides is 1. The first-order valence-corrected chi connectivity index (χ1v) is 11.3. The maximum Gasteiger partial charge on any atom is 0.268 e. The van der Waals surface area contributed by atoms with E-state index >= 15 is 0 Å². The molecule has 0 atom stereocenters. The summed E-state index contributed by atoms with van der Waals surface area (Å²) in [6, 6.07) is 13.3. The lowest BCUT2D eigenvalue weighted by molar-refractivity contribution is 0.0932. The summed E-state index contributed by atoms with van der Waals surface area (Å²) in [5.41, 5.74) is 2.78. The highest BCUT2D eigenvalue weighted by Crippen LogP contribution is 2.37. The Kier molecular flexibility index (Phi) is 5.97. The van der Waals surface area contributed by atoms with Gasteiger partial charge in [0, 0.05) is 50.8 Å². The van der Waals surface area contributed by atoms with Crippen LogP contribution in [0.2, 0.25) is 10.0 Å². The molecule has 33 heavy (non-hydrogen) atoms. The number of aromatic nitrogens is 2. The van der Waals surface area contributed by atoms with Gasteiger partial charge in [-0.1, -0.05) is 29.3 Å². The molecule has 2 aromatic carbocycles. The molecule has 2 aliphatic heterocycles. The third-order valence-electron chi connectivity index (χ3n) is 5.77. The first kappa shape index (κ1) is 21.8. The Labute approximate surface area is 201 Å². The summed E-state index contributed by atoms with van der Waals surface area (Å²) in [6.07, 6.45) is 1.47. The van der Waals surface area contributed by atoms with E-state index in [4.69, 9.17) is 27.9 Å². The number of carbonyl (C=O) groups excluding carboxylic acids is 1. The van der Waals surface area contributed by atoms with Crippen LogP contribution in [0.1, 0.15) is 10.4 Å². The molecule has 0 saturated carbocycles. The van der Waals surface area contributed by atoms with E-state index in [2.05, 4.69) is 32.3 Å². The fourth-order valence-electron chi connectivity index (χ4n) is 3.94. The summed E-state index contributed by atoms with van der Waals surface area (Å²) in [5, 5.41) is 4.09. The lowest BCUT2D eigenvalue weighted by Crippen LogP contribution is -2.43. The van der Waals surface area contributed by atoms with E-state index in [0.717, 1.165) is 31.9 Å². The number of benzene rings is 2. The van der Waals surface area contributed by atoms with E-state index in [-0.39, 0.29) is 24.1 Å². The Balaban J connectivity index is 1.36. The number of hydrogen-bond acceptors (Lipinski definition) is 7. The van der Waals surface area contributed by atoms with Crippen LogP contribution >= 0.6 is 23.2 Å². The second-order valence-electron chi connectivity index (χ2n) is 7.78. The predicted octanol–water partition coefficient (Wildman–Crippen LogP) is 3.96. The summed E-state index contributed by atoms with van der Waals surface area (Å²) in [4.78, 5) is 27.6. The minimum absolute atomic E-state index is 0.0468. The quantitative estimate of drug-likeness (QED) is 0.600. The number of rotatable bonds is 4. The fourth-order valence-corrected chi connectivity index (χ4v) is 4.55. The second kappa shape index (κ2) is 9.05. The summed E-state index contributed by atoms with van der Waals surface area (Å²) in [7, 11) is 1.88. The van der Waals surface area contributed by atoms with Crippen molar-refractivity contribution in [2.24, 2.45) is 0 Å². The summed E-state index contributed by atoms with van der Waals surface area (Å²) >= 11 is 12.5. The van der Waals surface area contributed by atoms with Crippen molar-refractivity contribution in [1.29, 1.82) is 0 Å². The van der Waals surface area contributed by atoms with Crippen LogP contribution in [-0.2, 0) is 0 Å². The number of nitrogens with zero attached hydrogens (tertiary/aromatic N) is 5. The van der Waals surface area contributed by atoms with E-state index in [0.29, 0.717) is 21.7 Å². The summed E-state index contributed by atoms with van der Waals surface area (Å²) in [5.74, 6) is 0.343. The molecule has 8 nitrogen and oxygen atoms in total. The van der Waals surface area contributed by atoms with Crippen LogP contribution in [0.5, 0.6) is 5.88 Å². The molecule has 1 aromatic heterocycles. The largest absolute Gasteiger partial charge is 0.455 e. The molecule has 0 spiro atoms. The van der Waals surface area contributed by atoms with Crippen molar-refractivity contribution in [3.8, 4) is 5.88 Å². The number of nitrogens with one attached hydrogen (secondary N) is 1. The molecule has 2 aliphatic rings. The minimum Gasteiger partial charge on any atom is -0.455 e. The number of carbonyl (C=O) groups is 1. The van der Waals surface area contributed by atoms with Crippen molar-refractivity contribution in [1.82, 2.24) is 15.3 Å². The van der Waals surface area contributed by atoms with E-state index in [1.807, 2.05) is 24.1 Å². The number of hydrogen-bond donors (Lipinski definition) is 1. The summed E-state index contributed by atoms with van der Waals surface area (Å²) < 4.78 is 5.79. The number of piperazine rings is 1. The van der Waals surface area contributed by atoms with Crippen LogP contribution in [0.25, 0.3) is 0 Å². The third kappa shape index (κ3) is 4.17. The first-order chi connectivity index (χ1) is 16.0. The van der Waals surface area contributed by atoms with Crippen molar-refractivity contribution in [2.45, 2.75) is 0 Å². The van der Waals surface area contributed by atoms with E-state index < -0.39 is 0 Å². The molecule has 1 N–H and O–H groups in total. The van der Waals surface area contributed by atoms with Crippen molar-refractivity contribution in [3.63, 3.8) is 0 Å². The topological polar surface area (TPSA) is 73.8 Å². The number of para-hydroxylation sites is 1. The van der Waals surface area contributed by atoms with Gasteiger partial charge in [0.25, 0.3) is 5.91 Å². The smallest absolute Gasteiger partial charge is 0.268 e. The number of fused-ring (bicyclic) bond motifs is 1. The second-order valence-corrected chi connectivity index (χ2v) is 8.59. The highest BCUT2D eigenvalue weighted by molar-refractivity contribution is 6.40. The van der Waals surface area contributed by atoms with Crippen LogP contribution < -0.4 is 24.8 Å².